The Balaban J connectivity index is 1.87. The highest BCUT2D eigenvalue weighted by molar-refractivity contribution is 5.77. The van der Waals surface area contributed by atoms with Gasteiger partial charge in [-0.25, -0.2) is 0 Å². The van der Waals surface area contributed by atoms with Crippen molar-refractivity contribution < 1.29 is 68.5 Å². The molecule has 0 fully saturated rings. The van der Waals surface area contributed by atoms with Gasteiger partial charge in [0, 0.05) is 25.2 Å². The summed E-state index contributed by atoms with van der Waals surface area (Å²) in [5.74, 6) is -4.20. The highest BCUT2D eigenvalue weighted by Crippen LogP contribution is 2.25. The van der Waals surface area contributed by atoms with Crippen molar-refractivity contribution in [2.75, 3.05) is 59.2 Å². The van der Waals surface area contributed by atoms with Crippen LogP contribution in [0.1, 0.15) is 62.8 Å². The highest BCUT2D eigenvalue weighted by atomic mass is 16.5. The minimum absolute atomic E-state index is 0.0583. The number of hydrogen-bond acceptors (Lipinski definition) is 12. The first-order valence-electron chi connectivity index (χ1n) is 23.3. The van der Waals surface area contributed by atoms with Crippen molar-refractivity contribution in [3.8, 4) is 23.0 Å². The molecule has 374 valence electrons. The molecule has 0 aliphatic heterocycles. The second-order valence-corrected chi connectivity index (χ2v) is 16.7. The molecule has 17 nitrogen and oxygen atoms in total. The molecule has 17 heteroatoms. The third kappa shape index (κ3) is 18.7. The number of rotatable bonds is 34. The zero-order chi connectivity index (χ0) is 50.3. The van der Waals surface area contributed by atoms with Crippen LogP contribution >= 0.6 is 0 Å². The molecule has 0 aliphatic rings. The van der Waals surface area contributed by atoms with Gasteiger partial charge in [0.1, 0.15) is 35.1 Å². The maximum atomic E-state index is 13.3. The van der Waals surface area contributed by atoms with Gasteiger partial charge in [-0.3, -0.25) is 38.7 Å². The van der Waals surface area contributed by atoms with Crippen LogP contribution in [-0.2, 0) is 49.7 Å². The highest BCUT2D eigenvalue weighted by Gasteiger charge is 2.38. The molecule has 4 aromatic carbocycles. The Morgan fingerprint density at radius 1 is 0.420 bits per heavy atom. The van der Waals surface area contributed by atoms with Gasteiger partial charge in [0.25, 0.3) is 0 Å². The minimum atomic E-state index is -1.42. The number of nitrogens with zero attached hydrogens (tertiary/aromatic N) is 3. The smallest absolute Gasteiger partial charge is 0.321 e. The largest absolute Gasteiger partial charge is 0.494 e. The number of benzene rings is 4. The van der Waals surface area contributed by atoms with Crippen LogP contribution in [0.5, 0.6) is 23.0 Å². The standard InChI is InChI=1S/C52H67N3O14/c1-5-25-68-44-21-9-36(10-22-44)27-40(54(34-49(58)59)46(51(62)63)29-38-13-17-42(18-14-38)66-7-3)31-53(33-48(56)57)32-41(28-37-11-23-45(24-12-37)69-26-6-2)55(35-50(60)61)47(52(64)65)30-39-15-19-43(20-16-39)67-8-4/h9-24,40-41,46-47H,5-8,25-35H2,1-4H3,(H,56,57)(H,58,59)(H,60,61)(H,62,63)(H,64,65). The summed E-state index contributed by atoms with van der Waals surface area (Å²) in [6, 6.07) is 23.0. The van der Waals surface area contributed by atoms with Gasteiger partial charge in [-0.1, -0.05) is 62.4 Å². The van der Waals surface area contributed by atoms with Crippen LogP contribution < -0.4 is 18.9 Å². The van der Waals surface area contributed by atoms with Crippen molar-refractivity contribution in [1.82, 2.24) is 14.7 Å². The lowest BCUT2D eigenvalue weighted by Crippen LogP contribution is -2.58. The average molecular weight is 958 g/mol. The Labute approximate surface area is 403 Å². The third-order valence-corrected chi connectivity index (χ3v) is 11.3. The fraction of sp³-hybridized carbons (Fsp3) is 0.442. The van der Waals surface area contributed by atoms with E-state index in [9.17, 15) is 49.5 Å². The number of ether oxygens (including phenoxy) is 4. The summed E-state index contributed by atoms with van der Waals surface area (Å²) < 4.78 is 22.7. The predicted molar refractivity (Wildman–Crippen MR) is 258 cm³/mol. The number of aliphatic carboxylic acids is 5. The van der Waals surface area contributed by atoms with E-state index in [0.29, 0.717) is 71.7 Å². The van der Waals surface area contributed by atoms with E-state index in [0.717, 1.165) is 12.8 Å². The first kappa shape index (κ1) is 54.9. The van der Waals surface area contributed by atoms with Gasteiger partial charge >= 0.3 is 29.8 Å². The molecule has 0 saturated heterocycles. The zero-order valence-corrected chi connectivity index (χ0v) is 39.9. The van der Waals surface area contributed by atoms with Crippen molar-refractivity contribution in [3.05, 3.63) is 119 Å². The average Bonchev–Trinajstić information content (AvgIpc) is 3.31. The van der Waals surface area contributed by atoms with Crippen LogP contribution in [0.2, 0.25) is 0 Å². The monoisotopic (exact) mass is 957 g/mol. The molecule has 0 saturated carbocycles. The summed E-state index contributed by atoms with van der Waals surface area (Å²) in [6.45, 7) is 6.83. The van der Waals surface area contributed by atoms with Crippen LogP contribution in [0.25, 0.3) is 0 Å². The molecule has 4 atom stereocenters. The summed E-state index contributed by atoms with van der Waals surface area (Å²) >= 11 is 0. The van der Waals surface area contributed by atoms with Gasteiger partial charge in [-0.05, 0) is 123 Å². The summed E-state index contributed by atoms with van der Waals surface area (Å²) in [5, 5.41) is 53.0. The van der Waals surface area contributed by atoms with Crippen molar-refractivity contribution in [3.63, 3.8) is 0 Å². The SMILES string of the molecule is CCCOc1ccc(CC(CN(CC(=O)O)CC(Cc2ccc(OCCC)cc2)N(CC(=O)O)C(Cc2ccc(OCC)cc2)C(=O)O)N(CC(=O)O)C(Cc2ccc(OCC)cc2)C(=O)O)cc1. The van der Waals surface area contributed by atoms with Crippen molar-refractivity contribution in [2.24, 2.45) is 0 Å². The Hall–Kier alpha value is -6.69. The lowest BCUT2D eigenvalue weighted by Gasteiger charge is -2.41. The maximum absolute atomic E-state index is 13.3. The van der Waals surface area contributed by atoms with E-state index in [-0.39, 0.29) is 38.8 Å². The maximum Gasteiger partial charge on any atom is 0.321 e. The van der Waals surface area contributed by atoms with Gasteiger partial charge in [-0.2, -0.15) is 0 Å². The van der Waals surface area contributed by atoms with Crippen molar-refractivity contribution in [2.45, 2.75) is 90.4 Å². The summed E-state index contributed by atoms with van der Waals surface area (Å²) in [6.07, 6.45) is 1.43. The molecule has 0 amide bonds. The lowest BCUT2D eigenvalue weighted by molar-refractivity contribution is -0.149. The molecule has 0 spiro atoms. The molecule has 0 aromatic heterocycles. The Kier molecular flexibility index (Phi) is 22.8. The van der Waals surface area contributed by atoms with E-state index in [1.54, 1.807) is 97.1 Å². The molecular weight excluding hydrogens is 891 g/mol. The normalized spacial score (nSPS) is 13.1. The molecule has 69 heavy (non-hydrogen) atoms. The van der Waals surface area contributed by atoms with E-state index in [1.807, 2.05) is 27.7 Å². The Morgan fingerprint density at radius 2 is 0.710 bits per heavy atom. The summed E-state index contributed by atoms with van der Waals surface area (Å²) in [4.78, 5) is 69.3. The van der Waals surface area contributed by atoms with Crippen LogP contribution in [-0.4, -0.2) is 153 Å². The number of carboxylic acids is 5. The molecule has 0 aliphatic carbocycles. The van der Waals surface area contributed by atoms with Crippen LogP contribution in [0, 0.1) is 0 Å². The lowest BCUT2D eigenvalue weighted by atomic mass is 9.96. The molecule has 0 heterocycles. The molecule has 4 aromatic rings. The van der Waals surface area contributed by atoms with Crippen LogP contribution in [0.4, 0.5) is 0 Å². The fourth-order valence-corrected chi connectivity index (χ4v) is 8.21. The molecule has 0 radical (unpaired) electrons. The third-order valence-electron chi connectivity index (χ3n) is 11.3. The van der Waals surface area contributed by atoms with Crippen LogP contribution in [0.3, 0.4) is 0 Å². The molecule has 0 bridgehead atoms. The van der Waals surface area contributed by atoms with E-state index in [1.165, 1.54) is 14.7 Å². The second-order valence-electron chi connectivity index (χ2n) is 16.7. The van der Waals surface area contributed by atoms with E-state index < -0.39 is 73.6 Å². The quantitative estimate of drug-likeness (QED) is 0.0354. The Morgan fingerprint density at radius 3 is 0.971 bits per heavy atom. The van der Waals surface area contributed by atoms with E-state index in [4.69, 9.17) is 18.9 Å². The first-order valence-corrected chi connectivity index (χ1v) is 23.3. The molecule has 4 unspecified atom stereocenters. The number of carboxylic acid groups (broad SMARTS) is 5. The molecule has 5 N–H and O–H groups in total. The van der Waals surface area contributed by atoms with Gasteiger partial charge in [-0.15, -0.1) is 0 Å². The van der Waals surface area contributed by atoms with Gasteiger partial charge in [0.05, 0.1) is 46.1 Å². The van der Waals surface area contributed by atoms with E-state index >= 15 is 0 Å². The zero-order valence-electron chi connectivity index (χ0n) is 39.9. The molecule has 4 rings (SSSR count). The van der Waals surface area contributed by atoms with Gasteiger partial charge in [0.2, 0.25) is 0 Å². The van der Waals surface area contributed by atoms with Crippen molar-refractivity contribution in [1.29, 1.82) is 0 Å². The number of carbonyl (C=O) groups is 5. The fourth-order valence-electron chi connectivity index (χ4n) is 8.21. The molecular formula is C52H67N3O14. The second kappa shape index (κ2) is 28.6. The minimum Gasteiger partial charge on any atom is -0.494 e. The topological polar surface area (TPSA) is 233 Å². The predicted octanol–water partition coefficient (Wildman–Crippen LogP) is 6.14. The summed E-state index contributed by atoms with van der Waals surface area (Å²) in [7, 11) is 0. The van der Waals surface area contributed by atoms with Gasteiger partial charge < -0.3 is 44.5 Å². The Bertz CT molecular complexity index is 2060. The van der Waals surface area contributed by atoms with Crippen molar-refractivity contribution >= 4 is 29.8 Å². The summed E-state index contributed by atoms with van der Waals surface area (Å²) in [5.41, 5.74) is 2.52. The van der Waals surface area contributed by atoms with Crippen LogP contribution in [0.15, 0.2) is 97.1 Å². The first-order chi connectivity index (χ1) is 33.1. The number of hydrogen-bond donors (Lipinski definition) is 5. The van der Waals surface area contributed by atoms with Gasteiger partial charge in [0.15, 0.2) is 0 Å². The van der Waals surface area contributed by atoms with E-state index in [2.05, 4.69) is 0 Å².